The number of aliphatic hydroxyl groups excluding tert-OH is 1. The van der Waals surface area contributed by atoms with Crippen LogP contribution >= 0.6 is 11.3 Å². The molecule has 1 N–H and O–H groups in total. The molecule has 0 aliphatic carbocycles. The van der Waals surface area contributed by atoms with Crippen molar-refractivity contribution in [2.24, 2.45) is 17.3 Å². The molecule has 0 saturated heterocycles. The van der Waals surface area contributed by atoms with Gasteiger partial charge in [0.2, 0.25) is 0 Å². The molecule has 0 aliphatic rings. The van der Waals surface area contributed by atoms with Crippen molar-refractivity contribution in [3.05, 3.63) is 88.6 Å². The number of pyridine rings is 1. The van der Waals surface area contributed by atoms with Gasteiger partial charge in [-0.1, -0.05) is 110 Å². The maximum atomic E-state index is 11.7. The summed E-state index contributed by atoms with van der Waals surface area (Å²) in [5.74, 6) is 0.547. The van der Waals surface area contributed by atoms with Gasteiger partial charge in [-0.15, -0.1) is 29.5 Å². The topological polar surface area (TPSA) is 76.0 Å². The number of ketones is 1. The van der Waals surface area contributed by atoms with Crippen LogP contribution in [0.4, 0.5) is 0 Å². The van der Waals surface area contributed by atoms with E-state index in [4.69, 9.17) is 15.0 Å². The summed E-state index contributed by atoms with van der Waals surface area (Å²) in [5.41, 5.74) is 11.6. The number of carbonyl (C=O) groups excluding carboxylic acids is 1. The molecule has 0 amide bonds. The molecule has 287 valence electrons. The van der Waals surface area contributed by atoms with Crippen molar-refractivity contribution in [1.29, 1.82) is 0 Å². The van der Waals surface area contributed by atoms with E-state index >= 15 is 0 Å². The third kappa shape index (κ3) is 10.7. The van der Waals surface area contributed by atoms with Crippen molar-refractivity contribution in [3.63, 3.8) is 0 Å². The van der Waals surface area contributed by atoms with Crippen molar-refractivity contribution >= 4 is 38.2 Å². The number of nitrogens with zero attached hydrogens (tertiary/aromatic N) is 3. The fourth-order valence-corrected chi connectivity index (χ4v) is 8.27. The summed E-state index contributed by atoms with van der Waals surface area (Å²) in [6.07, 6.45) is 7.67. The minimum Gasteiger partial charge on any atom is -0.512 e. The Bertz CT molecular complexity index is 2060. The van der Waals surface area contributed by atoms with Crippen molar-refractivity contribution in [2.75, 3.05) is 0 Å². The maximum absolute atomic E-state index is 11.7. The molecule has 0 unspecified atom stereocenters. The van der Waals surface area contributed by atoms with E-state index in [9.17, 15) is 9.90 Å². The first-order chi connectivity index (χ1) is 24.4. The van der Waals surface area contributed by atoms with Gasteiger partial charge in [-0.05, 0) is 86.0 Å². The van der Waals surface area contributed by atoms with Gasteiger partial charge < -0.3 is 5.11 Å². The van der Waals surface area contributed by atoms with Gasteiger partial charge in [0.25, 0.3) is 0 Å². The molecule has 3 aromatic heterocycles. The zero-order valence-electron chi connectivity index (χ0n) is 34.2. The SMILES string of the molecule is CCC(CC)C(=O)/C=C(\O)C(CC)CC.Cc1ccc2[c-]c(-c3ncnc4c(C)c(-c5ccc(CC(C)(C)C)cc5C)sc34)cc(C(C)(C)C)c2n1.[Ir]. The van der Waals surface area contributed by atoms with Gasteiger partial charge in [-0.25, -0.2) is 4.98 Å². The molecule has 0 bridgehead atoms. The quantitative estimate of drug-likeness (QED) is 0.0858. The molecule has 53 heavy (non-hydrogen) atoms. The van der Waals surface area contributed by atoms with Gasteiger partial charge in [0, 0.05) is 64.5 Å². The standard InChI is InChI=1S/C33H36N3S.C13H24O2.Ir/c1-19-14-22(17-32(4,5)6)11-13-25(19)30-21(3)27-31(37-30)29(35-18-34-27)24-15-23-12-10-20(2)36-28(23)26(16-24)33(7,8)9;1-5-10(6-2)12(14)9-13(15)11(7-3)8-4;/h10-14,16,18H,17H2,1-9H3;9-11,14H,5-8H2,1-4H3;/q-1;;/b;12-9-;. The van der Waals surface area contributed by atoms with Crippen LogP contribution < -0.4 is 0 Å². The molecule has 0 atom stereocenters. The number of thiophene rings is 1. The van der Waals surface area contributed by atoms with E-state index in [0.29, 0.717) is 0 Å². The molecule has 2 aromatic carbocycles. The predicted molar refractivity (Wildman–Crippen MR) is 222 cm³/mol. The van der Waals surface area contributed by atoms with Crippen molar-refractivity contribution < 1.29 is 30.0 Å². The maximum Gasteiger partial charge on any atom is 0.162 e. The molecule has 0 spiro atoms. The van der Waals surface area contributed by atoms with Crippen LogP contribution in [0.2, 0.25) is 0 Å². The number of aliphatic hydroxyl groups is 1. The van der Waals surface area contributed by atoms with Gasteiger partial charge in [0.05, 0.1) is 11.3 Å². The molecule has 0 fully saturated rings. The molecule has 5 nitrogen and oxygen atoms in total. The Balaban J connectivity index is 0.000000403. The number of aromatic nitrogens is 3. The van der Waals surface area contributed by atoms with Crippen molar-refractivity contribution in [3.8, 4) is 21.7 Å². The molecular weight excluding hydrogens is 851 g/mol. The monoisotopic (exact) mass is 911 g/mol. The Morgan fingerprint density at radius 3 is 2.08 bits per heavy atom. The molecule has 0 aliphatic heterocycles. The van der Waals surface area contributed by atoms with Crippen LogP contribution in [0.3, 0.4) is 0 Å². The Labute approximate surface area is 336 Å². The summed E-state index contributed by atoms with van der Waals surface area (Å²) in [5, 5.41) is 10.8. The van der Waals surface area contributed by atoms with Gasteiger partial charge >= 0.3 is 0 Å². The van der Waals surface area contributed by atoms with E-state index in [2.05, 4.69) is 97.9 Å². The van der Waals surface area contributed by atoms with Crippen LogP contribution in [0.1, 0.15) is 123 Å². The molecule has 7 heteroatoms. The third-order valence-electron chi connectivity index (χ3n) is 9.97. The molecule has 1 radical (unpaired) electrons. The molecule has 5 rings (SSSR count). The summed E-state index contributed by atoms with van der Waals surface area (Å²) < 4.78 is 1.11. The van der Waals surface area contributed by atoms with E-state index in [1.807, 2.05) is 34.6 Å². The van der Waals surface area contributed by atoms with Crippen molar-refractivity contribution in [2.45, 2.75) is 128 Å². The van der Waals surface area contributed by atoms with Crippen molar-refractivity contribution in [1.82, 2.24) is 15.0 Å². The van der Waals surface area contributed by atoms with Gasteiger partial charge in [-0.2, -0.15) is 0 Å². The van der Waals surface area contributed by atoms with E-state index in [1.54, 1.807) is 17.7 Å². The van der Waals surface area contributed by atoms with Crippen LogP contribution in [0, 0.1) is 44.1 Å². The average molecular weight is 911 g/mol. The summed E-state index contributed by atoms with van der Waals surface area (Å²) in [6, 6.07) is 17.0. The Morgan fingerprint density at radius 2 is 1.51 bits per heavy atom. The largest absolute Gasteiger partial charge is 0.512 e. The summed E-state index contributed by atoms with van der Waals surface area (Å²) in [4.78, 5) is 27.4. The number of fused-ring (bicyclic) bond motifs is 2. The van der Waals surface area contributed by atoms with Crippen LogP contribution in [-0.4, -0.2) is 25.8 Å². The van der Waals surface area contributed by atoms with Gasteiger partial charge in [-0.3, -0.25) is 14.8 Å². The number of rotatable bonds is 10. The zero-order chi connectivity index (χ0) is 38.5. The number of carbonyl (C=O) groups is 1. The fraction of sp³-hybridized carbons (Fsp3) is 0.478. The molecular formula is C46H60IrN3O2S-. The van der Waals surface area contributed by atoms with E-state index in [0.717, 1.165) is 70.2 Å². The average Bonchev–Trinajstić information content (AvgIpc) is 3.40. The second-order valence-corrected chi connectivity index (χ2v) is 17.6. The molecule has 0 saturated carbocycles. The number of aryl methyl sites for hydroxylation is 3. The van der Waals surface area contributed by atoms with Crippen LogP contribution in [0.15, 0.2) is 54.6 Å². The summed E-state index contributed by atoms with van der Waals surface area (Å²) in [7, 11) is 0. The summed E-state index contributed by atoms with van der Waals surface area (Å²) >= 11 is 1.79. The van der Waals surface area contributed by atoms with E-state index in [1.165, 1.54) is 38.8 Å². The number of benzene rings is 2. The number of hydrogen-bond acceptors (Lipinski definition) is 6. The first-order valence-corrected chi connectivity index (χ1v) is 19.9. The zero-order valence-corrected chi connectivity index (χ0v) is 37.5. The predicted octanol–water partition coefficient (Wildman–Crippen LogP) is 13.1. The first kappa shape index (κ1) is 44.1. The second-order valence-electron chi connectivity index (χ2n) is 16.5. The fourth-order valence-electron chi connectivity index (χ4n) is 6.91. The Morgan fingerprint density at radius 1 is 0.868 bits per heavy atom. The molecule has 3 heterocycles. The second kappa shape index (κ2) is 18.4. The third-order valence-corrected chi connectivity index (χ3v) is 11.3. The first-order valence-electron chi connectivity index (χ1n) is 19.0. The molecule has 5 aromatic rings. The van der Waals surface area contributed by atoms with Crippen LogP contribution in [0.25, 0.3) is 42.8 Å². The number of hydrogen-bond donors (Lipinski definition) is 1. The smallest absolute Gasteiger partial charge is 0.162 e. The minimum absolute atomic E-state index is 0. The summed E-state index contributed by atoms with van der Waals surface area (Å²) in [6.45, 7) is 28.1. The normalized spacial score (nSPS) is 12.3. The van der Waals surface area contributed by atoms with E-state index < -0.39 is 0 Å². The Kier molecular flexibility index (Phi) is 15.3. The van der Waals surface area contributed by atoms with E-state index in [-0.39, 0.29) is 54.3 Å². The minimum atomic E-state index is -0.0581. The Hall–Kier alpha value is -3.25. The number of allylic oxidation sites excluding steroid dienone is 2. The van der Waals surface area contributed by atoms with Gasteiger partial charge in [0.15, 0.2) is 5.78 Å². The van der Waals surface area contributed by atoms with Crippen LogP contribution in [-0.2, 0) is 36.7 Å². The van der Waals surface area contributed by atoms with Crippen LogP contribution in [0.5, 0.6) is 0 Å². The van der Waals surface area contributed by atoms with Gasteiger partial charge in [0.1, 0.15) is 6.33 Å².